The van der Waals surface area contributed by atoms with Gasteiger partial charge in [-0.3, -0.25) is 19.7 Å². The predicted molar refractivity (Wildman–Crippen MR) is 118 cm³/mol. The highest BCUT2D eigenvalue weighted by Crippen LogP contribution is 2.34. The van der Waals surface area contributed by atoms with Crippen molar-refractivity contribution in [3.63, 3.8) is 0 Å². The van der Waals surface area contributed by atoms with E-state index in [2.05, 4.69) is 10.3 Å². The number of carbonyl (C=O) groups is 3. The van der Waals surface area contributed by atoms with Gasteiger partial charge in [-0.1, -0.05) is 41.7 Å². The van der Waals surface area contributed by atoms with Crippen molar-refractivity contribution in [1.29, 1.82) is 0 Å². The highest BCUT2D eigenvalue weighted by atomic mass is 32.1. The average Bonchev–Trinajstić information content (AvgIpc) is 3.32. The molecule has 3 amide bonds. The third-order valence-corrected chi connectivity index (χ3v) is 5.94. The number of methoxy groups -OCH3 is 1. The van der Waals surface area contributed by atoms with Crippen LogP contribution in [0.1, 0.15) is 31.1 Å². The standard InChI is InChI=1S/C23H15N3O4S/c1-30-17-11-6-12-18-19(17)24-23(31-18)25-20(27)15-9-4-5-10-16(15)26-21(28)13-7-2-3-8-14(13)22(26)29/h2-12H,1H3,(H,24,25,27). The number of nitrogens with zero attached hydrogens (tertiary/aromatic N) is 2. The van der Waals surface area contributed by atoms with E-state index >= 15 is 0 Å². The normalized spacial score (nSPS) is 12.9. The molecule has 1 N–H and O–H groups in total. The number of amides is 3. The maximum atomic E-state index is 13.1. The van der Waals surface area contributed by atoms with E-state index in [1.807, 2.05) is 12.1 Å². The van der Waals surface area contributed by atoms with E-state index in [1.165, 1.54) is 11.3 Å². The molecule has 0 bridgehead atoms. The number of fused-ring (bicyclic) bond motifs is 2. The summed E-state index contributed by atoms with van der Waals surface area (Å²) in [5.74, 6) is -0.762. The number of carbonyl (C=O) groups excluding carboxylic acids is 3. The van der Waals surface area contributed by atoms with Gasteiger partial charge in [0.05, 0.1) is 34.2 Å². The minimum atomic E-state index is -0.467. The highest BCUT2D eigenvalue weighted by molar-refractivity contribution is 7.22. The molecule has 0 radical (unpaired) electrons. The van der Waals surface area contributed by atoms with Crippen molar-refractivity contribution in [2.75, 3.05) is 17.3 Å². The maximum Gasteiger partial charge on any atom is 0.266 e. The van der Waals surface area contributed by atoms with Crippen LogP contribution in [-0.4, -0.2) is 29.8 Å². The van der Waals surface area contributed by atoms with E-state index in [4.69, 9.17) is 4.74 Å². The molecule has 5 rings (SSSR count). The Morgan fingerprint density at radius 2 is 1.61 bits per heavy atom. The molecule has 8 heteroatoms. The molecule has 4 aromatic rings. The molecule has 0 saturated carbocycles. The Balaban J connectivity index is 1.50. The molecule has 0 unspecified atom stereocenters. The Hall–Kier alpha value is -4.04. The Morgan fingerprint density at radius 3 is 2.32 bits per heavy atom. The molecule has 3 aromatic carbocycles. The first-order valence-electron chi connectivity index (χ1n) is 9.40. The van der Waals surface area contributed by atoms with Crippen LogP contribution in [0.2, 0.25) is 0 Å². The summed E-state index contributed by atoms with van der Waals surface area (Å²) >= 11 is 1.31. The minimum absolute atomic E-state index is 0.197. The molecular weight excluding hydrogens is 414 g/mol. The van der Waals surface area contributed by atoms with Crippen molar-refractivity contribution in [3.05, 3.63) is 83.4 Å². The van der Waals surface area contributed by atoms with Crippen molar-refractivity contribution < 1.29 is 19.1 Å². The monoisotopic (exact) mass is 429 g/mol. The van der Waals surface area contributed by atoms with E-state index in [-0.39, 0.29) is 11.3 Å². The van der Waals surface area contributed by atoms with Gasteiger partial charge in [0.25, 0.3) is 17.7 Å². The van der Waals surface area contributed by atoms with E-state index in [1.54, 1.807) is 61.7 Å². The number of imide groups is 1. The number of nitrogens with one attached hydrogen (secondary N) is 1. The van der Waals surface area contributed by atoms with Gasteiger partial charge in [-0.25, -0.2) is 9.88 Å². The molecule has 0 fully saturated rings. The summed E-state index contributed by atoms with van der Waals surface area (Å²) in [4.78, 5) is 44.3. The highest BCUT2D eigenvalue weighted by Gasteiger charge is 2.38. The number of thiazole rings is 1. The molecule has 1 aliphatic heterocycles. The number of para-hydroxylation sites is 2. The predicted octanol–water partition coefficient (Wildman–Crippen LogP) is 4.36. The lowest BCUT2D eigenvalue weighted by atomic mass is 10.1. The van der Waals surface area contributed by atoms with Gasteiger partial charge in [0.15, 0.2) is 5.13 Å². The Morgan fingerprint density at radius 1 is 0.935 bits per heavy atom. The van der Waals surface area contributed by atoms with Crippen LogP contribution in [0.5, 0.6) is 5.75 Å². The zero-order valence-corrected chi connectivity index (χ0v) is 17.1. The molecular formula is C23H15N3O4S. The van der Waals surface area contributed by atoms with Gasteiger partial charge in [0.1, 0.15) is 11.3 Å². The van der Waals surface area contributed by atoms with E-state index < -0.39 is 17.7 Å². The van der Waals surface area contributed by atoms with Gasteiger partial charge < -0.3 is 4.74 Å². The third-order valence-electron chi connectivity index (χ3n) is 5.01. The van der Waals surface area contributed by atoms with Gasteiger partial charge in [-0.2, -0.15) is 0 Å². The summed E-state index contributed by atoms with van der Waals surface area (Å²) in [7, 11) is 1.56. The lowest BCUT2D eigenvalue weighted by molar-refractivity contribution is 0.0926. The first kappa shape index (κ1) is 19.0. The number of hydrogen-bond acceptors (Lipinski definition) is 6. The van der Waals surface area contributed by atoms with Crippen LogP contribution >= 0.6 is 11.3 Å². The second kappa shape index (κ2) is 7.33. The molecule has 0 spiro atoms. The van der Waals surface area contributed by atoms with Gasteiger partial charge >= 0.3 is 0 Å². The van der Waals surface area contributed by atoms with E-state index in [0.717, 1.165) is 9.60 Å². The van der Waals surface area contributed by atoms with Crippen molar-refractivity contribution in [2.45, 2.75) is 0 Å². The van der Waals surface area contributed by atoms with Crippen LogP contribution in [0.4, 0.5) is 10.8 Å². The van der Waals surface area contributed by atoms with Gasteiger partial charge in [0, 0.05) is 0 Å². The van der Waals surface area contributed by atoms with E-state index in [9.17, 15) is 14.4 Å². The van der Waals surface area contributed by atoms with E-state index in [0.29, 0.717) is 27.5 Å². The lowest BCUT2D eigenvalue weighted by Crippen LogP contribution is -2.31. The van der Waals surface area contributed by atoms with Crippen LogP contribution in [0.3, 0.4) is 0 Å². The molecule has 1 aliphatic rings. The van der Waals surface area contributed by atoms with Gasteiger partial charge in [0.2, 0.25) is 0 Å². The zero-order chi connectivity index (χ0) is 21.5. The van der Waals surface area contributed by atoms with Crippen molar-refractivity contribution in [1.82, 2.24) is 4.98 Å². The topological polar surface area (TPSA) is 88.6 Å². The summed E-state index contributed by atoms with van der Waals surface area (Å²) in [6, 6.07) is 18.7. The molecule has 7 nitrogen and oxygen atoms in total. The SMILES string of the molecule is COc1cccc2sc(NC(=O)c3ccccc3N3C(=O)c4ccccc4C3=O)nc12. The molecule has 0 atom stereocenters. The second-order valence-corrected chi connectivity index (χ2v) is 7.82. The Bertz CT molecular complexity index is 1340. The lowest BCUT2D eigenvalue weighted by Gasteiger charge is -2.17. The fourth-order valence-electron chi connectivity index (χ4n) is 3.57. The largest absolute Gasteiger partial charge is 0.494 e. The summed E-state index contributed by atoms with van der Waals surface area (Å²) in [5.41, 5.74) is 1.72. The van der Waals surface area contributed by atoms with Crippen molar-refractivity contribution in [3.8, 4) is 5.75 Å². The number of ether oxygens (including phenoxy) is 1. The quantitative estimate of drug-likeness (QED) is 0.487. The fraction of sp³-hybridized carbons (Fsp3) is 0.0435. The maximum absolute atomic E-state index is 13.1. The number of rotatable bonds is 4. The molecule has 1 aromatic heterocycles. The molecule has 152 valence electrons. The van der Waals surface area contributed by atoms with Crippen LogP contribution in [0, 0.1) is 0 Å². The first-order valence-corrected chi connectivity index (χ1v) is 10.2. The zero-order valence-electron chi connectivity index (χ0n) is 16.3. The summed E-state index contributed by atoms with van der Waals surface area (Å²) in [6.45, 7) is 0. The number of benzene rings is 3. The van der Waals surface area contributed by atoms with Crippen LogP contribution in [0.15, 0.2) is 66.7 Å². The fourth-order valence-corrected chi connectivity index (χ4v) is 4.45. The first-order chi connectivity index (χ1) is 15.1. The number of hydrogen-bond donors (Lipinski definition) is 1. The smallest absolute Gasteiger partial charge is 0.266 e. The summed E-state index contributed by atoms with van der Waals surface area (Å²) in [6.07, 6.45) is 0. The molecule has 0 aliphatic carbocycles. The number of aromatic nitrogens is 1. The average molecular weight is 429 g/mol. The minimum Gasteiger partial charge on any atom is -0.494 e. The summed E-state index contributed by atoms with van der Waals surface area (Å²) < 4.78 is 6.19. The second-order valence-electron chi connectivity index (χ2n) is 6.79. The molecule has 0 saturated heterocycles. The molecule has 31 heavy (non-hydrogen) atoms. The van der Waals surface area contributed by atoms with Crippen molar-refractivity contribution >= 4 is 50.1 Å². The Kier molecular flexibility index (Phi) is 4.48. The third kappa shape index (κ3) is 3.04. The van der Waals surface area contributed by atoms with Crippen LogP contribution < -0.4 is 15.0 Å². The Labute approximate surface area is 180 Å². The molecule has 2 heterocycles. The van der Waals surface area contributed by atoms with Crippen LogP contribution in [0.25, 0.3) is 10.2 Å². The van der Waals surface area contributed by atoms with Crippen molar-refractivity contribution in [2.24, 2.45) is 0 Å². The van der Waals surface area contributed by atoms with Gasteiger partial charge in [-0.05, 0) is 36.4 Å². The van der Waals surface area contributed by atoms with Gasteiger partial charge in [-0.15, -0.1) is 0 Å². The summed E-state index contributed by atoms with van der Waals surface area (Å²) in [5, 5.41) is 3.17. The van der Waals surface area contributed by atoms with Crippen LogP contribution in [-0.2, 0) is 0 Å². The number of anilines is 2.